The lowest BCUT2D eigenvalue weighted by molar-refractivity contribution is -0.175. The van der Waals surface area contributed by atoms with Gasteiger partial charge in [-0.15, -0.1) is 0 Å². The van der Waals surface area contributed by atoms with E-state index in [4.69, 9.17) is 0 Å². The third-order valence-corrected chi connectivity index (χ3v) is 8.54. The molecule has 1 aromatic rings. The number of alkyl halides is 3. The topological polar surface area (TPSA) is 70.5 Å². The fourth-order valence-electron chi connectivity index (χ4n) is 4.62. The van der Waals surface area contributed by atoms with Crippen molar-refractivity contribution in [1.29, 1.82) is 0 Å². The second kappa shape index (κ2) is 7.37. The van der Waals surface area contributed by atoms with E-state index in [1.165, 1.54) is 8.61 Å². The predicted molar refractivity (Wildman–Crippen MR) is 107 cm³/mol. The second-order valence-corrected chi connectivity index (χ2v) is 11.6. The Morgan fingerprint density at radius 1 is 1.10 bits per heavy atom. The Morgan fingerprint density at radius 2 is 1.77 bits per heavy atom. The fourth-order valence-corrected chi connectivity index (χ4v) is 6.37. The minimum absolute atomic E-state index is 0.0821. The lowest BCUT2D eigenvalue weighted by Crippen LogP contribution is -2.44. The number of halogens is 3. The highest BCUT2D eigenvalue weighted by Crippen LogP contribution is 2.44. The normalized spacial score (nSPS) is 29.2. The first-order chi connectivity index (χ1) is 13.9. The van der Waals surface area contributed by atoms with E-state index in [2.05, 4.69) is 10.4 Å². The van der Waals surface area contributed by atoms with Gasteiger partial charge in [0.2, 0.25) is 0 Å². The molecule has 1 N–H and O–H groups in total. The van der Waals surface area contributed by atoms with E-state index in [1.807, 2.05) is 20.8 Å². The molecule has 0 amide bonds. The Bertz CT molecular complexity index is 887. The first kappa shape index (κ1) is 21.9. The van der Waals surface area contributed by atoms with Gasteiger partial charge in [0.05, 0.1) is 5.69 Å². The molecule has 170 valence electrons. The molecule has 0 unspecified atom stereocenters. The van der Waals surface area contributed by atoms with Crippen molar-refractivity contribution in [3.63, 3.8) is 0 Å². The van der Waals surface area contributed by atoms with E-state index in [9.17, 15) is 21.6 Å². The zero-order valence-electron chi connectivity index (χ0n) is 17.6. The monoisotopic (exact) mass is 449 g/mol. The van der Waals surface area contributed by atoms with Crippen LogP contribution in [-0.2, 0) is 10.2 Å². The van der Waals surface area contributed by atoms with Crippen molar-refractivity contribution < 1.29 is 21.6 Å². The van der Waals surface area contributed by atoms with Crippen LogP contribution < -0.4 is 5.32 Å². The van der Waals surface area contributed by atoms with Gasteiger partial charge in [0, 0.05) is 44.2 Å². The molecule has 3 aliphatic rings. The summed E-state index contributed by atoms with van der Waals surface area (Å²) in [4.78, 5) is 0. The van der Waals surface area contributed by atoms with E-state index >= 15 is 0 Å². The highest BCUT2D eigenvalue weighted by molar-refractivity contribution is 7.86. The van der Waals surface area contributed by atoms with E-state index < -0.39 is 22.4 Å². The van der Waals surface area contributed by atoms with Gasteiger partial charge in [-0.05, 0) is 31.1 Å². The predicted octanol–water partition coefficient (Wildman–Crippen LogP) is 3.35. The first-order valence-corrected chi connectivity index (χ1v) is 11.9. The average molecular weight is 450 g/mol. The van der Waals surface area contributed by atoms with Crippen molar-refractivity contribution in [2.75, 3.05) is 31.5 Å². The zero-order valence-corrected chi connectivity index (χ0v) is 18.4. The maximum Gasteiger partial charge on any atom is 0.410 e. The second-order valence-electron chi connectivity index (χ2n) is 9.71. The van der Waals surface area contributed by atoms with Crippen molar-refractivity contribution in [3.8, 4) is 0 Å². The van der Waals surface area contributed by atoms with Gasteiger partial charge < -0.3 is 5.32 Å². The Hall–Kier alpha value is -1.33. The van der Waals surface area contributed by atoms with Crippen LogP contribution in [0, 0.1) is 5.41 Å². The van der Waals surface area contributed by atoms with Gasteiger partial charge in [-0.3, -0.25) is 0 Å². The van der Waals surface area contributed by atoms with Gasteiger partial charge in [0.1, 0.15) is 5.82 Å². The van der Waals surface area contributed by atoms with Crippen LogP contribution in [0.15, 0.2) is 6.07 Å². The molecule has 0 spiro atoms. The largest absolute Gasteiger partial charge is 0.410 e. The van der Waals surface area contributed by atoms with Gasteiger partial charge >= 0.3 is 6.18 Å². The number of hydrogen-bond acceptors (Lipinski definition) is 4. The molecule has 0 aliphatic carbocycles. The van der Waals surface area contributed by atoms with Gasteiger partial charge in [-0.2, -0.15) is 35.3 Å². The molecule has 4 heterocycles. The molecule has 11 heteroatoms. The van der Waals surface area contributed by atoms with Crippen LogP contribution in [0.2, 0.25) is 0 Å². The highest BCUT2D eigenvalue weighted by atomic mass is 32.2. The number of rotatable bonds is 3. The summed E-state index contributed by atoms with van der Waals surface area (Å²) in [6, 6.07) is -0.345. The lowest BCUT2D eigenvalue weighted by Gasteiger charge is -2.39. The third-order valence-electron chi connectivity index (χ3n) is 6.54. The molecule has 0 bridgehead atoms. The standard InChI is InChI=1S/C19H30F3N5O2S/c1-18(2,3)15-11-16(19(20,21)22)27-17(23-15)10-14(24-27)13-6-9-26(12-13)30(28,29)25-7-4-5-8-25/h10,13,15-16,23H,4-9,11-12H2,1-3H3/t13-,15+,16-/m1/s1. The summed E-state index contributed by atoms with van der Waals surface area (Å²) in [6.07, 6.45) is -2.19. The zero-order chi connectivity index (χ0) is 21.9. The number of aromatic nitrogens is 2. The summed E-state index contributed by atoms with van der Waals surface area (Å²) in [5.74, 6) is 0.156. The molecule has 3 atom stereocenters. The van der Waals surface area contributed by atoms with Crippen LogP contribution >= 0.6 is 0 Å². The smallest absolute Gasteiger partial charge is 0.367 e. The number of nitrogens with one attached hydrogen (secondary N) is 1. The van der Waals surface area contributed by atoms with Crippen LogP contribution in [-0.4, -0.2) is 65.2 Å². The van der Waals surface area contributed by atoms with Crippen molar-refractivity contribution in [2.45, 2.75) is 70.6 Å². The molecule has 4 rings (SSSR count). The Kier molecular flexibility index (Phi) is 5.38. The lowest BCUT2D eigenvalue weighted by atomic mass is 9.82. The molecule has 1 aromatic heterocycles. The minimum atomic E-state index is -4.40. The number of hydrogen-bond donors (Lipinski definition) is 1. The number of fused-ring (bicyclic) bond motifs is 1. The SMILES string of the molecule is CC(C)(C)[C@@H]1C[C@H](C(F)(F)F)n2nc([C@@H]3CCN(S(=O)(=O)N4CCCC4)C3)cc2N1. The fraction of sp³-hybridized carbons (Fsp3) is 0.842. The molecular weight excluding hydrogens is 419 g/mol. The van der Waals surface area contributed by atoms with E-state index in [-0.39, 0.29) is 30.3 Å². The number of nitrogens with zero attached hydrogens (tertiary/aromatic N) is 4. The van der Waals surface area contributed by atoms with Crippen molar-refractivity contribution >= 4 is 16.0 Å². The molecule has 2 saturated heterocycles. The summed E-state index contributed by atoms with van der Waals surface area (Å²) in [6.45, 7) is 7.46. The van der Waals surface area contributed by atoms with E-state index in [0.717, 1.165) is 17.5 Å². The van der Waals surface area contributed by atoms with Gasteiger partial charge in [0.15, 0.2) is 6.04 Å². The Labute approximate surface area is 175 Å². The van der Waals surface area contributed by atoms with Crippen LogP contribution in [0.4, 0.5) is 19.0 Å². The van der Waals surface area contributed by atoms with Crippen LogP contribution in [0.5, 0.6) is 0 Å². The van der Waals surface area contributed by atoms with Crippen LogP contribution in [0.1, 0.15) is 64.1 Å². The third kappa shape index (κ3) is 3.95. The Morgan fingerprint density at radius 3 is 2.37 bits per heavy atom. The van der Waals surface area contributed by atoms with Crippen LogP contribution in [0.3, 0.4) is 0 Å². The molecule has 2 fully saturated rings. The number of anilines is 1. The molecule has 30 heavy (non-hydrogen) atoms. The molecule has 3 aliphatic heterocycles. The highest BCUT2D eigenvalue weighted by Gasteiger charge is 2.48. The molecule has 0 radical (unpaired) electrons. The maximum absolute atomic E-state index is 13.8. The summed E-state index contributed by atoms with van der Waals surface area (Å²) in [5, 5.41) is 7.54. The quantitative estimate of drug-likeness (QED) is 0.768. The van der Waals surface area contributed by atoms with E-state index in [1.54, 1.807) is 6.07 Å². The van der Waals surface area contributed by atoms with Crippen molar-refractivity contribution in [1.82, 2.24) is 18.4 Å². The van der Waals surface area contributed by atoms with Gasteiger partial charge in [-0.1, -0.05) is 20.8 Å². The van der Waals surface area contributed by atoms with Gasteiger partial charge in [-0.25, -0.2) is 4.68 Å². The summed E-state index contributed by atoms with van der Waals surface area (Å²) in [7, 11) is -3.51. The molecule has 0 aromatic carbocycles. The summed E-state index contributed by atoms with van der Waals surface area (Å²) >= 11 is 0. The molecule has 7 nitrogen and oxygen atoms in total. The average Bonchev–Trinajstić information content (AvgIpc) is 3.38. The van der Waals surface area contributed by atoms with Crippen LogP contribution in [0.25, 0.3) is 0 Å². The molecular formula is C19H30F3N5O2S. The van der Waals surface area contributed by atoms with Crippen molar-refractivity contribution in [2.24, 2.45) is 5.41 Å². The minimum Gasteiger partial charge on any atom is -0.367 e. The maximum atomic E-state index is 13.8. The summed E-state index contributed by atoms with van der Waals surface area (Å²) in [5.41, 5.74) is 0.188. The molecule has 0 saturated carbocycles. The van der Waals surface area contributed by atoms with E-state index in [0.29, 0.717) is 37.6 Å². The summed E-state index contributed by atoms with van der Waals surface area (Å²) < 4.78 is 71.0. The Balaban J connectivity index is 1.57. The van der Waals surface area contributed by atoms with Crippen molar-refractivity contribution in [3.05, 3.63) is 11.8 Å². The first-order valence-electron chi connectivity index (χ1n) is 10.6. The van der Waals surface area contributed by atoms with Gasteiger partial charge in [0.25, 0.3) is 10.2 Å².